The molecule has 0 saturated carbocycles. The van der Waals surface area contributed by atoms with Crippen molar-refractivity contribution in [3.8, 4) is 0 Å². The molecule has 0 atom stereocenters. The normalized spacial score (nSPS) is 18.1. The molecule has 1 aromatic heterocycles. The maximum Gasteiger partial charge on any atom is 0.405 e. The third-order valence-electron chi connectivity index (χ3n) is 3.42. The largest absolute Gasteiger partial charge is 0.465 e. The van der Waals surface area contributed by atoms with Crippen LogP contribution in [0.4, 0.5) is 10.7 Å². The highest BCUT2D eigenvalue weighted by Crippen LogP contribution is 2.24. The first kappa shape index (κ1) is 13.5. The summed E-state index contributed by atoms with van der Waals surface area (Å²) in [5.74, 6) is 0.587. The highest BCUT2D eigenvalue weighted by atomic mass is 16.4. The average molecular weight is 266 g/mol. The van der Waals surface area contributed by atoms with E-state index in [4.69, 9.17) is 10.2 Å². The van der Waals surface area contributed by atoms with E-state index in [1.54, 1.807) is 12.3 Å². The third-order valence-corrected chi connectivity index (χ3v) is 3.42. The second kappa shape index (κ2) is 5.40. The lowest BCUT2D eigenvalue weighted by atomic mass is 9.90. The minimum absolute atomic E-state index is 0.109. The van der Waals surface area contributed by atoms with E-state index in [1.165, 1.54) is 0 Å². The van der Waals surface area contributed by atoms with Crippen LogP contribution in [0.3, 0.4) is 0 Å². The van der Waals surface area contributed by atoms with Crippen LogP contribution in [0.25, 0.3) is 0 Å². The monoisotopic (exact) mass is 266 g/mol. The van der Waals surface area contributed by atoms with Crippen molar-refractivity contribution in [3.63, 3.8) is 0 Å². The molecule has 1 fully saturated rings. The Kier molecular flexibility index (Phi) is 3.84. The van der Waals surface area contributed by atoms with Gasteiger partial charge in [0.15, 0.2) is 0 Å². The van der Waals surface area contributed by atoms with E-state index in [0.717, 1.165) is 0 Å². The van der Waals surface area contributed by atoms with Gasteiger partial charge in [-0.2, -0.15) is 0 Å². The number of hydrogen-bond donors (Lipinski definition) is 3. The van der Waals surface area contributed by atoms with Crippen LogP contribution in [-0.4, -0.2) is 44.9 Å². The van der Waals surface area contributed by atoms with E-state index in [9.17, 15) is 4.79 Å². The molecule has 19 heavy (non-hydrogen) atoms. The van der Waals surface area contributed by atoms with Crippen molar-refractivity contribution < 1.29 is 15.0 Å². The molecule has 7 heteroatoms. The molecule has 1 amide bonds. The Balaban J connectivity index is 2.01. The summed E-state index contributed by atoms with van der Waals surface area (Å²) in [5, 5.41) is 20.4. The summed E-state index contributed by atoms with van der Waals surface area (Å²) in [7, 11) is 0. The summed E-state index contributed by atoms with van der Waals surface area (Å²) in [6.07, 6.45) is 2.03. The number of aliphatic hydroxyl groups excluding tert-OH is 1. The summed E-state index contributed by atoms with van der Waals surface area (Å²) in [6.45, 7) is 3.17. The zero-order valence-electron chi connectivity index (χ0n) is 10.8. The zero-order valence-corrected chi connectivity index (χ0v) is 10.8. The Morgan fingerprint density at radius 2 is 2.21 bits per heavy atom. The molecule has 1 saturated heterocycles. The molecule has 2 heterocycles. The number of rotatable bonds is 3. The number of aromatic nitrogens is 2. The predicted molar refractivity (Wildman–Crippen MR) is 69.0 cm³/mol. The first-order valence-electron chi connectivity index (χ1n) is 6.21. The fraction of sp³-hybridized carbons (Fsp3) is 0.583. The lowest BCUT2D eigenvalue weighted by molar-refractivity contribution is 0.173. The maximum absolute atomic E-state index is 10.7. The molecule has 7 nitrogen and oxygen atoms in total. The van der Waals surface area contributed by atoms with Crippen molar-refractivity contribution in [3.05, 3.63) is 18.0 Å². The van der Waals surface area contributed by atoms with Crippen LogP contribution in [0, 0.1) is 0 Å². The van der Waals surface area contributed by atoms with Crippen LogP contribution in [0.2, 0.25) is 0 Å². The van der Waals surface area contributed by atoms with Gasteiger partial charge in [-0.15, -0.1) is 0 Å². The summed E-state index contributed by atoms with van der Waals surface area (Å²) >= 11 is 0. The minimum atomic E-state index is -0.991. The molecular formula is C12H18N4O3. The van der Waals surface area contributed by atoms with E-state index < -0.39 is 11.6 Å². The molecule has 0 radical (unpaired) electrons. The van der Waals surface area contributed by atoms with Crippen molar-refractivity contribution in [2.75, 3.05) is 18.0 Å². The van der Waals surface area contributed by atoms with Gasteiger partial charge < -0.3 is 20.4 Å². The van der Waals surface area contributed by atoms with Crippen molar-refractivity contribution >= 4 is 12.0 Å². The molecular weight excluding hydrogens is 248 g/mol. The van der Waals surface area contributed by atoms with Crippen LogP contribution in [-0.2, 0) is 6.61 Å². The third kappa shape index (κ3) is 3.31. The van der Waals surface area contributed by atoms with E-state index in [-0.39, 0.29) is 6.61 Å². The number of amides is 1. The maximum atomic E-state index is 10.7. The van der Waals surface area contributed by atoms with E-state index in [0.29, 0.717) is 37.6 Å². The van der Waals surface area contributed by atoms with Crippen LogP contribution >= 0.6 is 0 Å². The second-order valence-electron chi connectivity index (χ2n) is 4.98. The molecule has 3 N–H and O–H groups in total. The SMILES string of the molecule is CC1(NC(=O)O)CCN(c2nccc(CO)n2)CC1. The summed E-state index contributed by atoms with van der Waals surface area (Å²) < 4.78 is 0. The van der Waals surface area contributed by atoms with Gasteiger partial charge in [-0.25, -0.2) is 14.8 Å². The number of nitrogens with zero attached hydrogens (tertiary/aromatic N) is 3. The predicted octanol–water partition coefficient (Wildman–Crippen LogP) is 0.595. The van der Waals surface area contributed by atoms with Gasteiger partial charge in [-0.05, 0) is 25.8 Å². The van der Waals surface area contributed by atoms with Crippen LogP contribution in [0.5, 0.6) is 0 Å². The van der Waals surface area contributed by atoms with E-state index >= 15 is 0 Å². The van der Waals surface area contributed by atoms with Gasteiger partial charge in [0.25, 0.3) is 0 Å². The Bertz CT molecular complexity index is 458. The highest BCUT2D eigenvalue weighted by Gasteiger charge is 2.32. The number of carboxylic acid groups (broad SMARTS) is 1. The molecule has 0 aromatic carbocycles. The van der Waals surface area contributed by atoms with Crippen molar-refractivity contribution in [2.24, 2.45) is 0 Å². The number of carbonyl (C=O) groups is 1. The summed E-state index contributed by atoms with van der Waals surface area (Å²) in [5.41, 5.74) is 0.193. The Hall–Kier alpha value is -1.89. The molecule has 1 aliphatic rings. The number of piperidine rings is 1. The van der Waals surface area contributed by atoms with Crippen molar-refractivity contribution in [2.45, 2.75) is 31.9 Å². The molecule has 0 aliphatic carbocycles. The number of anilines is 1. The van der Waals surface area contributed by atoms with E-state index in [2.05, 4.69) is 15.3 Å². The standard InChI is InChI=1S/C12H18N4O3/c1-12(15-11(18)19)3-6-16(7-4-12)10-13-5-2-9(8-17)14-10/h2,5,15,17H,3-4,6-8H2,1H3,(H,18,19). The van der Waals surface area contributed by atoms with Crippen LogP contribution in [0.1, 0.15) is 25.5 Å². The van der Waals surface area contributed by atoms with Crippen LogP contribution < -0.4 is 10.2 Å². The Morgan fingerprint density at radius 3 is 2.79 bits per heavy atom. The lowest BCUT2D eigenvalue weighted by Gasteiger charge is -2.39. The molecule has 0 unspecified atom stereocenters. The first-order chi connectivity index (χ1) is 9.02. The van der Waals surface area contributed by atoms with Gasteiger partial charge in [0, 0.05) is 24.8 Å². The fourth-order valence-corrected chi connectivity index (χ4v) is 2.21. The molecule has 104 valence electrons. The van der Waals surface area contributed by atoms with Gasteiger partial charge >= 0.3 is 6.09 Å². The fourth-order valence-electron chi connectivity index (χ4n) is 2.21. The Labute approximate surface area is 111 Å². The molecule has 0 spiro atoms. The number of nitrogens with one attached hydrogen (secondary N) is 1. The first-order valence-corrected chi connectivity index (χ1v) is 6.21. The topological polar surface area (TPSA) is 98.6 Å². The quantitative estimate of drug-likeness (QED) is 0.741. The lowest BCUT2D eigenvalue weighted by Crippen LogP contribution is -2.53. The molecule has 0 bridgehead atoms. The number of hydrogen-bond acceptors (Lipinski definition) is 5. The van der Waals surface area contributed by atoms with Gasteiger partial charge in [0.2, 0.25) is 5.95 Å². The molecule has 1 aromatic rings. The smallest absolute Gasteiger partial charge is 0.405 e. The van der Waals surface area contributed by atoms with Crippen molar-refractivity contribution in [1.29, 1.82) is 0 Å². The highest BCUT2D eigenvalue weighted by molar-refractivity contribution is 5.65. The zero-order chi connectivity index (χ0) is 13.9. The summed E-state index contributed by atoms with van der Waals surface area (Å²) in [4.78, 5) is 21.2. The molecule has 2 rings (SSSR count). The van der Waals surface area contributed by atoms with Gasteiger partial charge in [0.1, 0.15) is 0 Å². The number of aliphatic hydroxyl groups is 1. The van der Waals surface area contributed by atoms with Gasteiger partial charge in [0.05, 0.1) is 12.3 Å². The van der Waals surface area contributed by atoms with E-state index in [1.807, 2.05) is 11.8 Å². The van der Waals surface area contributed by atoms with Crippen molar-refractivity contribution in [1.82, 2.24) is 15.3 Å². The molecule has 1 aliphatic heterocycles. The Morgan fingerprint density at radius 1 is 1.53 bits per heavy atom. The summed E-state index contributed by atoms with van der Waals surface area (Å²) in [6, 6.07) is 1.67. The average Bonchev–Trinajstić information content (AvgIpc) is 2.38. The minimum Gasteiger partial charge on any atom is -0.465 e. The van der Waals surface area contributed by atoms with Gasteiger partial charge in [-0.1, -0.05) is 0 Å². The van der Waals surface area contributed by atoms with Gasteiger partial charge in [-0.3, -0.25) is 0 Å². The van der Waals surface area contributed by atoms with Crippen LogP contribution in [0.15, 0.2) is 12.3 Å². The second-order valence-corrected chi connectivity index (χ2v) is 4.98.